The van der Waals surface area contributed by atoms with E-state index in [9.17, 15) is 20.1 Å². The zero-order valence-electron chi connectivity index (χ0n) is 40.9. The summed E-state index contributed by atoms with van der Waals surface area (Å²) in [6, 6.07) is -0.740. The Morgan fingerprint density at radius 2 is 0.683 bits per heavy atom. The molecule has 0 aliphatic rings. The lowest BCUT2D eigenvalue weighted by Gasteiger charge is -2.21. The molecule has 0 radical (unpaired) electrons. The summed E-state index contributed by atoms with van der Waals surface area (Å²) in [7, 11) is 0. The molecule has 0 heterocycles. The third-order valence-electron chi connectivity index (χ3n) is 13.1. The molecule has 0 aliphatic carbocycles. The maximum Gasteiger partial charge on any atom is 0.222 e. The Hall–Kier alpha value is -0.910. The van der Waals surface area contributed by atoms with Crippen LogP contribution in [0.25, 0.3) is 0 Å². The predicted octanol–water partition coefficient (Wildman–Crippen LogP) is 16.7. The lowest BCUT2D eigenvalue weighted by Crippen LogP contribution is -2.45. The van der Waals surface area contributed by atoms with Gasteiger partial charge in [-0.05, 0) is 19.3 Å². The van der Waals surface area contributed by atoms with E-state index in [2.05, 4.69) is 19.2 Å². The van der Waals surface area contributed by atoms with Crippen molar-refractivity contribution < 1.29 is 20.1 Å². The lowest BCUT2D eigenvalue weighted by atomic mass is 10.0. The van der Waals surface area contributed by atoms with Crippen molar-refractivity contribution in [3.05, 3.63) is 12.2 Å². The number of amides is 1. The van der Waals surface area contributed by atoms with Crippen molar-refractivity contribution in [3.8, 4) is 0 Å². The topological polar surface area (TPSA) is 89.8 Å². The van der Waals surface area contributed by atoms with Crippen molar-refractivity contribution in [3.63, 3.8) is 0 Å². The number of aliphatic hydroxyl groups excluding tert-OH is 3. The molecule has 4 N–H and O–H groups in total. The fourth-order valence-electron chi connectivity index (χ4n) is 8.87. The highest BCUT2D eigenvalue weighted by Gasteiger charge is 2.20. The first-order valence-corrected chi connectivity index (χ1v) is 27.5. The standard InChI is InChI=1S/C55H109NO4/c1-3-5-7-9-11-13-15-17-19-21-23-24-25-26-27-28-29-30-31-32-34-36-38-40-42-44-46-48-52(58)50-55(60)56-53(51-57)54(59)49-47-45-43-41-39-37-35-33-22-20-18-16-14-12-10-8-6-4-2/h47,49,52-54,57-59H,3-46,48,50-51H2,1-2H3,(H,56,60)/b49-47+. The molecule has 60 heavy (non-hydrogen) atoms. The van der Waals surface area contributed by atoms with Crippen LogP contribution in [-0.2, 0) is 4.79 Å². The lowest BCUT2D eigenvalue weighted by molar-refractivity contribution is -0.124. The molecule has 0 aliphatic heterocycles. The fourth-order valence-corrected chi connectivity index (χ4v) is 8.87. The normalized spacial score (nSPS) is 13.3. The van der Waals surface area contributed by atoms with Gasteiger partial charge in [-0.25, -0.2) is 0 Å². The highest BCUT2D eigenvalue weighted by atomic mass is 16.3. The first-order chi connectivity index (χ1) is 29.5. The van der Waals surface area contributed by atoms with Crippen LogP contribution in [0.1, 0.15) is 309 Å². The number of rotatable bonds is 51. The third kappa shape index (κ3) is 46.6. The monoisotopic (exact) mass is 848 g/mol. The number of hydrogen-bond donors (Lipinski definition) is 4. The minimum atomic E-state index is -0.925. The quantitative estimate of drug-likeness (QED) is 0.0363. The molecule has 1 amide bonds. The van der Waals surface area contributed by atoms with Crippen LogP contribution in [-0.4, -0.2) is 46.1 Å². The molecule has 0 spiro atoms. The van der Waals surface area contributed by atoms with Crippen molar-refractivity contribution in [2.45, 2.75) is 327 Å². The summed E-state index contributed by atoms with van der Waals surface area (Å²) in [6.07, 6.45) is 62.5. The van der Waals surface area contributed by atoms with Crippen LogP contribution >= 0.6 is 0 Å². The molecule has 3 atom stereocenters. The molecule has 3 unspecified atom stereocenters. The largest absolute Gasteiger partial charge is 0.394 e. The number of nitrogens with one attached hydrogen (secondary N) is 1. The molecule has 5 heteroatoms. The van der Waals surface area contributed by atoms with E-state index in [0.717, 1.165) is 25.7 Å². The number of allylic oxidation sites excluding steroid dienone is 1. The molecule has 0 rings (SSSR count). The number of aliphatic hydroxyl groups is 3. The summed E-state index contributed by atoms with van der Waals surface area (Å²) in [5, 5.41) is 33.4. The zero-order chi connectivity index (χ0) is 43.7. The Morgan fingerprint density at radius 3 is 0.967 bits per heavy atom. The minimum absolute atomic E-state index is 0.0194. The van der Waals surface area contributed by atoms with Crippen molar-refractivity contribution in [2.75, 3.05) is 6.61 Å². The summed E-state index contributed by atoms with van der Waals surface area (Å²) >= 11 is 0. The van der Waals surface area contributed by atoms with Gasteiger partial charge in [-0.15, -0.1) is 0 Å². The first kappa shape index (κ1) is 59.1. The highest BCUT2D eigenvalue weighted by molar-refractivity contribution is 5.76. The average molecular weight is 848 g/mol. The van der Waals surface area contributed by atoms with E-state index in [0.29, 0.717) is 6.42 Å². The van der Waals surface area contributed by atoms with E-state index < -0.39 is 18.2 Å². The number of unbranched alkanes of at least 4 members (excludes halogenated alkanes) is 42. The van der Waals surface area contributed by atoms with Gasteiger partial charge in [-0.3, -0.25) is 4.79 Å². The molecule has 358 valence electrons. The van der Waals surface area contributed by atoms with Gasteiger partial charge >= 0.3 is 0 Å². The zero-order valence-corrected chi connectivity index (χ0v) is 40.9. The fraction of sp³-hybridized carbons (Fsp3) is 0.945. The number of carbonyl (C=O) groups excluding carboxylic acids is 1. The molecular formula is C55H109NO4. The van der Waals surface area contributed by atoms with Crippen LogP contribution in [0.2, 0.25) is 0 Å². The maximum atomic E-state index is 12.5. The van der Waals surface area contributed by atoms with Crippen LogP contribution in [0.15, 0.2) is 12.2 Å². The van der Waals surface area contributed by atoms with E-state index in [1.807, 2.05) is 6.08 Å². The molecule has 0 aromatic rings. The van der Waals surface area contributed by atoms with Crippen molar-refractivity contribution in [2.24, 2.45) is 0 Å². The Labute approximate surface area is 376 Å². The smallest absolute Gasteiger partial charge is 0.222 e. The Bertz CT molecular complexity index is 848. The van der Waals surface area contributed by atoms with Gasteiger partial charge in [0.2, 0.25) is 5.91 Å². The summed E-state index contributed by atoms with van der Waals surface area (Å²) in [4.78, 5) is 12.5. The first-order valence-electron chi connectivity index (χ1n) is 27.5. The van der Waals surface area contributed by atoms with Gasteiger partial charge in [0, 0.05) is 0 Å². The van der Waals surface area contributed by atoms with Gasteiger partial charge < -0.3 is 20.6 Å². The van der Waals surface area contributed by atoms with E-state index >= 15 is 0 Å². The molecule has 5 nitrogen and oxygen atoms in total. The van der Waals surface area contributed by atoms with Gasteiger partial charge in [0.15, 0.2) is 0 Å². The Kier molecular flexibility index (Phi) is 50.0. The number of hydrogen-bond acceptors (Lipinski definition) is 4. The molecule has 0 saturated heterocycles. The van der Waals surface area contributed by atoms with E-state index in [-0.39, 0.29) is 18.9 Å². The highest BCUT2D eigenvalue weighted by Crippen LogP contribution is 2.18. The molecule has 0 fully saturated rings. The third-order valence-corrected chi connectivity index (χ3v) is 13.1. The molecule has 0 saturated carbocycles. The second kappa shape index (κ2) is 50.7. The second-order valence-electron chi connectivity index (χ2n) is 19.2. The van der Waals surface area contributed by atoms with Gasteiger partial charge in [-0.2, -0.15) is 0 Å². The number of carbonyl (C=O) groups is 1. The molecule has 0 aromatic carbocycles. The van der Waals surface area contributed by atoms with Crippen molar-refractivity contribution in [1.29, 1.82) is 0 Å². The summed E-state index contributed by atoms with van der Waals surface area (Å²) in [5.74, 6) is -0.308. The van der Waals surface area contributed by atoms with E-state index in [1.54, 1.807) is 6.08 Å². The van der Waals surface area contributed by atoms with Crippen molar-refractivity contribution in [1.82, 2.24) is 5.32 Å². The Balaban J connectivity index is 3.52. The predicted molar refractivity (Wildman–Crippen MR) is 264 cm³/mol. The minimum Gasteiger partial charge on any atom is -0.394 e. The summed E-state index contributed by atoms with van der Waals surface area (Å²) < 4.78 is 0. The van der Waals surface area contributed by atoms with E-state index in [1.165, 1.54) is 257 Å². The van der Waals surface area contributed by atoms with Gasteiger partial charge in [0.1, 0.15) is 0 Å². The van der Waals surface area contributed by atoms with Crippen molar-refractivity contribution >= 4 is 5.91 Å². The van der Waals surface area contributed by atoms with Crippen LogP contribution < -0.4 is 5.32 Å². The van der Waals surface area contributed by atoms with Crippen LogP contribution in [0.3, 0.4) is 0 Å². The molecular weight excluding hydrogens is 739 g/mol. The van der Waals surface area contributed by atoms with Gasteiger partial charge in [0.05, 0.1) is 31.3 Å². The second-order valence-corrected chi connectivity index (χ2v) is 19.2. The SMILES string of the molecule is CCCCCCCCCCCCCCCCCC/C=C/C(O)C(CO)NC(=O)CC(O)CCCCCCCCCCCCCCCCCCCCCCCCCCCCC. The average Bonchev–Trinajstić information content (AvgIpc) is 3.24. The summed E-state index contributed by atoms with van der Waals surface area (Å²) in [6.45, 7) is 4.25. The van der Waals surface area contributed by atoms with E-state index in [4.69, 9.17) is 0 Å². The summed E-state index contributed by atoms with van der Waals surface area (Å²) in [5.41, 5.74) is 0. The van der Waals surface area contributed by atoms with Gasteiger partial charge in [0.25, 0.3) is 0 Å². The molecule has 0 bridgehead atoms. The van der Waals surface area contributed by atoms with Crippen LogP contribution in [0, 0.1) is 0 Å². The van der Waals surface area contributed by atoms with Crippen LogP contribution in [0.5, 0.6) is 0 Å². The van der Waals surface area contributed by atoms with Gasteiger partial charge in [-0.1, -0.05) is 296 Å². The molecule has 0 aromatic heterocycles. The maximum absolute atomic E-state index is 12.5. The van der Waals surface area contributed by atoms with Crippen LogP contribution in [0.4, 0.5) is 0 Å². The Morgan fingerprint density at radius 1 is 0.417 bits per heavy atom.